The van der Waals surface area contributed by atoms with Crippen LogP contribution in [0.4, 0.5) is 10.5 Å². The van der Waals surface area contributed by atoms with Gasteiger partial charge in [0.05, 0.1) is 0 Å². The lowest BCUT2D eigenvalue weighted by Crippen LogP contribution is -2.42. The fourth-order valence-corrected chi connectivity index (χ4v) is 2.44. The van der Waals surface area contributed by atoms with Crippen LogP contribution in [0.3, 0.4) is 0 Å². The molecule has 0 unspecified atom stereocenters. The van der Waals surface area contributed by atoms with E-state index in [4.69, 9.17) is 14.6 Å². The monoisotopic (exact) mass is 278 g/mol. The molecule has 0 radical (unpaired) electrons. The molecule has 0 aromatic heterocycles. The van der Waals surface area contributed by atoms with Gasteiger partial charge >= 0.3 is 12.0 Å². The van der Waals surface area contributed by atoms with E-state index in [9.17, 15) is 9.59 Å². The maximum Gasteiger partial charge on any atom is 0.326 e. The molecule has 2 heterocycles. The minimum absolute atomic E-state index is 0.167. The topological polar surface area (TPSA) is 88.1 Å². The maximum absolute atomic E-state index is 12.1. The summed E-state index contributed by atoms with van der Waals surface area (Å²) in [5.74, 6) is 0.231. The number of benzene rings is 1. The Balaban J connectivity index is 1.71. The molecular weight excluding hydrogens is 264 g/mol. The summed E-state index contributed by atoms with van der Waals surface area (Å²) in [6.07, 6.45) is 1.19. The Hall–Kier alpha value is -2.44. The molecule has 0 aliphatic carbocycles. The van der Waals surface area contributed by atoms with Crippen LogP contribution in [0.1, 0.15) is 12.8 Å². The molecule has 7 nitrogen and oxygen atoms in total. The number of amides is 2. The maximum atomic E-state index is 12.1. The van der Waals surface area contributed by atoms with Gasteiger partial charge < -0.3 is 24.8 Å². The summed E-state index contributed by atoms with van der Waals surface area (Å²) in [6, 6.07) is 3.90. The van der Waals surface area contributed by atoms with E-state index in [1.807, 2.05) is 0 Å². The third-order valence-electron chi connectivity index (χ3n) is 3.42. The lowest BCUT2D eigenvalue weighted by atomic mass is 10.2. The predicted octanol–water partition coefficient (Wildman–Crippen LogP) is 1.50. The molecule has 0 bridgehead atoms. The zero-order chi connectivity index (χ0) is 14.1. The number of fused-ring (bicyclic) bond motifs is 1. The predicted molar refractivity (Wildman–Crippen MR) is 68.9 cm³/mol. The van der Waals surface area contributed by atoms with Crippen molar-refractivity contribution < 1.29 is 24.2 Å². The lowest BCUT2D eigenvalue weighted by Gasteiger charge is -2.21. The second-order valence-electron chi connectivity index (χ2n) is 4.69. The van der Waals surface area contributed by atoms with Crippen molar-refractivity contribution in [1.82, 2.24) is 4.90 Å². The van der Waals surface area contributed by atoms with E-state index in [1.165, 1.54) is 4.90 Å². The van der Waals surface area contributed by atoms with Crippen LogP contribution in [0, 0.1) is 0 Å². The fourth-order valence-electron chi connectivity index (χ4n) is 2.44. The van der Waals surface area contributed by atoms with Crippen LogP contribution >= 0.6 is 0 Å². The summed E-state index contributed by atoms with van der Waals surface area (Å²) < 4.78 is 10.4. The zero-order valence-corrected chi connectivity index (χ0v) is 10.7. The molecule has 3 rings (SSSR count). The van der Waals surface area contributed by atoms with Gasteiger partial charge in [0.2, 0.25) is 6.79 Å². The van der Waals surface area contributed by atoms with Crippen LogP contribution in [-0.4, -0.2) is 41.4 Å². The number of nitrogens with one attached hydrogen (secondary N) is 1. The Morgan fingerprint density at radius 3 is 2.90 bits per heavy atom. The van der Waals surface area contributed by atoms with Crippen molar-refractivity contribution in [3.8, 4) is 11.5 Å². The first-order valence-corrected chi connectivity index (χ1v) is 6.35. The van der Waals surface area contributed by atoms with Gasteiger partial charge in [-0.3, -0.25) is 0 Å². The SMILES string of the molecule is O=C(O)[C@H]1CCCN1C(=O)Nc1ccc2c(c1)OCO2. The van der Waals surface area contributed by atoms with E-state index in [-0.39, 0.29) is 6.79 Å². The molecule has 1 atom stereocenters. The molecule has 2 N–H and O–H groups in total. The number of carboxylic acid groups (broad SMARTS) is 1. The van der Waals surface area contributed by atoms with E-state index in [0.29, 0.717) is 36.6 Å². The van der Waals surface area contributed by atoms with Crippen molar-refractivity contribution in [3.05, 3.63) is 18.2 Å². The minimum atomic E-state index is -0.969. The number of hydrogen-bond donors (Lipinski definition) is 2. The van der Waals surface area contributed by atoms with Crippen LogP contribution in [0.25, 0.3) is 0 Å². The van der Waals surface area contributed by atoms with E-state index in [2.05, 4.69) is 5.32 Å². The average Bonchev–Trinajstić information content (AvgIpc) is 3.06. The average molecular weight is 278 g/mol. The second-order valence-corrected chi connectivity index (χ2v) is 4.69. The number of carbonyl (C=O) groups is 2. The van der Waals surface area contributed by atoms with E-state index in [1.54, 1.807) is 18.2 Å². The quantitative estimate of drug-likeness (QED) is 0.855. The molecular formula is C13H14N2O5. The molecule has 7 heteroatoms. The molecule has 1 saturated heterocycles. The van der Waals surface area contributed by atoms with Gasteiger partial charge in [0.1, 0.15) is 6.04 Å². The standard InChI is InChI=1S/C13H14N2O5/c16-12(17)9-2-1-5-15(9)13(18)14-8-3-4-10-11(6-8)20-7-19-10/h3-4,6,9H,1-2,5,7H2,(H,14,18)(H,16,17)/t9-/m1/s1. The number of carbonyl (C=O) groups excluding carboxylic acids is 1. The lowest BCUT2D eigenvalue weighted by molar-refractivity contribution is -0.141. The van der Waals surface area contributed by atoms with Crippen LogP contribution in [0.5, 0.6) is 11.5 Å². The summed E-state index contributed by atoms with van der Waals surface area (Å²) in [5.41, 5.74) is 0.551. The highest BCUT2D eigenvalue weighted by molar-refractivity contribution is 5.93. The number of ether oxygens (including phenoxy) is 2. The number of likely N-dealkylation sites (tertiary alicyclic amines) is 1. The molecule has 1 aromatic carbocycles. The van der Waals surface area contributed by atoms with Crippen molar-refractivity contribution in [1.29, 1.82) is 0 Å². The molecule has 2 aliphatic heterocycles. The number of nitrogens with zero attached hydrogens (tertiary/aromatic N) is 1. The normalized spacial score (nSPS) is 20.0. The Labute approximate surface area is 115 Å². The Bertz CT molecular complexity index is 560. The van der Waals surface area contributed by atoms with Gasteiger partial charge in [-0.15, -0.1) is 0 Å². The van der Waals surface area contributed by atoms with Gasteiger partial charge in [0, 0.05) is 18.3 Å². The molecule has 0 saturated carbocycles. The highest BCUT2D eigenvalue weighted by atomic mass is 16.7. The van der Waals surface area contributed by atoms with E-state index < -0.39 is 18.0 Å². The van der Waals surface area contributed by atoms with Gasteiger partial charge in [-0.25, -0.2) is 9.59 Å². The molecule has 1 fully saturated rings. The minimum Gasteiger partial charge on any atom is -0.480 e. The molecule has 1 aromatic rings. The van der Waals surface area contributed by atoms with Gasteiger partial charge in [-0.1, -0.05) is 0 Å². The second kappa shape index (κ2) is 4.92. The number of carboxylic acids is 1. The smallest absolute Gasteiger partial charge is 0.326 e. The Morgan fingerprint density at radius 1 is 1.30 bits per heavy atom. The number of urea groups is 1. The number of rotatable bonds is 2. The van der Waals surface area contributed by atoms with Crippen molar-refractivity contribution in [2.75, 3.05) is 18.7 Å². The van der Waals surface area contributed by atoms with Crippen molar-refractivity contribution in [2.24, 2.45) is 0 Å². The molecule has 2 aliphatic rings. The first-order valence-electron chi connectivity index (χ1n) is 6.35. The van der Waals surface area contributed by atoms with Crippen molar-refractivity contribution >= 4 is 17.7 Å². The summed E-state index contributed by atoms with van der Waals surface area (Å²) in [7, 11) is 0. The Kier molecular flexibility index (Phi) is 3.09. The number of hydrogen-bond acceptors (Lipinski definition) is 4. The number of aliphatic carboxylic acids is 1. The fraction of sp³-hybridized carbons (Fsp3) is 0.385. The molecule has 20 heavy (non-hydrogen) atoms. The van der Waals surface area contributed by atoms with Crippen molar-refractivity contribution in [2.45, 2.75) is 18.9 Å². The molecule has 0 spiro atoms. The summed E-state index contributed by atoms with van der Waals surface area (Å²) in [4.78, 5) is 24.5. The van der Waals surface area contributed by atoms with Gasteiger partial charge in [0.15, 0.2) is 11.5 Å². The van der Waals surface area contributed by atoms with Gasteiger partial charge in [0.25, 0.3) is 0 Å². The third kappa shape index (κ3) is 2.22. The summed E-state index contributed by atoms with van der Waals surface area (Å²) >= 11 is 0. The van der Waals surface area contributed by atoms with E-state index >= 15 is 0 Å². The van der Waals surface area contributed by atoms with Crippen molar-refractivity contribution in [3.63, 3.8) is 0 Å². The summed E-state index contributed by atoms with van der Waals surface area (Å²) in [5, 5.41) is 11.8. The van der Waals surface area contributed by atoms with Crippen LogP contribution in [-0.2, 0) is 4.79 Å². The number of anilines is 1. The first-order chi connectivity index (χ1) is 9.65. The highest BCUT2D eigenvalue weighted by Crippen LogP contribution is 2.34. The largest absolute Gasteiger partial charge is 0.480 e. The zero-order valence-electron chi connectivity index (χ0n) is 10.7. The van der Waals surface area contributed by atoms with E-state index in [0.717, 1.165) is 0 Å². The van der Waals surface area contributed by atoms with Gasteiger partial charge in [-0.2, -0.15) is 0 Å². The molecule has 106 valence electrons. The third-order valence-corrected chi connectivity index (χ3v) is 3.42. The van der Waals surface area contributed by atoms with Gasteiger partial charge in [-0.05, 0) is 25.0 Å². The first kappa shape index (κ1) is 12.6. The summed E-state index contributed by atoms with van der Waals surface area (Å²) in [6.45, 7) is 0.618. The molecule has 2 amide bonds. The van der Waals surface area contributed by atoms with Crippen LogP contribution < -0.4 is 14.8 Å². The highest BCUT2D eigenvalue weighted by Gasteiger charge is 2.34. The van der Waals surface area contributed by atoms with Crippen LogP contribution in [0.2, 0.25) is 0 Å². The Morgan fingerprint density at radius 2 is 2.10 bits per heavy atom. The van der Waals surface area contributed by atoms with Crippen LogP contribution in [0.15, 0.2) is 18.2 Å².